The molecule has 0 atom stereocenters. The molecule has 0 aromatic carbocycles. The van der Waals surface area contributed by atoms with E-state index in [1.54, 1.807) is 12.5 Å². The largest absolute Gasteiger partial charge is 0.472 e. The summed E-state index contributed by atoms with van der Waals surface area (Å²) >= 11 is 0. The highest BCUT2D eigenvalue weighted by Gasteiger charge is 2.30. The third kappa shape index (κ3) is 5.00. The number of piperidine rings is 2. The van der Waals surface area contributed by atoms with E-state index in [4.69, 9.17) is 4.42 Å². The maximum absolute atomic E-state index is 12.5. The number of carbonyl (C=O) groups is 1. The van der Waals surface area contributed by atoms with Gasteiger partial charge in [0.1, 0.15) is 0 Å². The number of rotatable bonds is 6. The van der Waals surface area contributed by atoms with Crippen molar-refractivity contribution in [2.45, 2.75) is 44.8 Å². The molecule has 28 heavy (non-hydrogen) atoms. The van der Waals surface area contributed by atoms with Crippen LogP contribution in [0.1, 0.15) is 36.9 Å². The molecule has 0 aliphatic carbocycles. The van der Waals surface area contributed by atoms with Crippen LogP contribution in [0, 0.1) is 5.92 Å². The number of nitrogens with one attached hydrogen (secondary N) is 1. The van der Waals surface area contributed by atoms with Crippen LogP contribution < -0.4 is 5.32 Å². The van der Waals surface area contributed by atoms with Crippen LogP contribution >= 0.6 is 0 Å². The molecule has 2 fully saturated rings. The van der Waals surface area contributed by atoms with E-state index in [0.29, 0.717) is 12.6 Å². The first-order valence-electron chi connectivity index (χ1n) is 10.4. The second-order valence-corrected chi connectivity index (χ2v) is 7.99. The predicted octanol–water partition coefficient (Wildman–Crippen LogP) is 2.67. The number of aromatic nitrogens is 1. The Morgan fingerprint density at radius 2 is 1.93 bits per heavy atom. The molecule has 6 heteroatoms. The van der Waals surface area contributed by atoms with E-state index >= 15 is 0 Å². The van der Waals surface area contributed by atoms with Gasteiger partial charge in [-0.15, -0.1) is 0 Å². The number of pyridine rings is 1. The second-order valence-electron chi connectivity index (χ2n) is 7.99. The van der Waals surface area contributed by atoms with Crippen molar-refractivity contribution >= 4 is 5.91 Å². The first kappa shape index (κ1) is 19.2. The highest BCUT2D eigenvalue weighted by molar-refractivity contribution is 5.78. The molecule has 2 saturated heterocycles. The van der Waals surface area contributed by atoms with Gasteiger partial charge in [0.05, 0.1) is 24.8 Å². The highest BCUT2D eigenvalue weighted by Crippen LogP contribution is 2.24. The Labute approximate surface area is 166 Å². The quantitative estimate of drug-likeness (QED) is 0.832. The van der Waals surface area contributed by atoms with Gasteiger partial charge < -0.3 is 14.6 Å². The first-order chi connectivity index (χ1) is 13.8. The fourth-order valence-electron chi connectivity index (χ4n) is 4.43. The molecule has 0 bridgehead atoms. The Bertz CT molecular complexity index is 718. The van der Waals surface area contributed by atoms with Crippen molar-refractivity contribution in [3.8, 4) is 0 Å². The molecule has 0 radical (unpaired) electrons. The summed E-state index contributed by atoms with van der Waals surface area (Å²) in [6.45, 7) is 5.86. The first-order valence-corrected chi connectivity index (χ1v) is 10.4. The Kier molecular flexibility index (Phi) is 6.39. The average Bonchev–Trinajstić information content (AvgIpc) is 3.26. The summed E-state index contributed by atoms with van der Waals surface area (Å²) in [5, 5.41) is 3.06. The van der Waals surface area contributed by atoms with Gasteiger partial charge in [0, 0.05) is 30.3 Å². The van der Waals surface area contributed by atoms with Crippen molar-refractivity contribution in [2.75, 3.05) is 26.2 Å². The second kappa shape index (κ2) is 9.34. The Hall–Kier alpha value is -2.18. The zero-order valence-electron chi connectivity index (χ0n) is 16.4. The highest BCUT2D eigenvalue weighted by atomic mass is 16.3. The summed E-state index contributed by atoms with van der Waals surface area (Å²) in [6.07, 6.45) is 9.71. The summed E-state index contributed by atoms with van der Waals surface area (Å²) in [5.74, 6) is 0.321. The number of hydrogen-bond donors (Lipinski definition) is 1. The normalized spacial score (nSPS) is 20.3. The van der Waals surface area contributed by atoms with Crippen molar-refractivity contribution in [3.05, 3.63) is 54.2 Å². The van der Waals surface area contributed by atoms with Gasteiger partial charge in [-0.1, -0.05) is 6.07 Å². The van der Waals surface area contributed by atoms with Gasteiger partial charge in [0.2, 0.25) is 5.91 Å². The molecule has 2 aromatic heterocycles. The molecule has 2 aliphatic rings. The van der Waals surface area contributed by atoms with Gasteiger partial charge >= 0.3 is 0 Å². The van der Waals surface area contributed by atoms with Crippen molar-refractivity contribution in [1.29, 1.82) is 0 Å². The minimum atomic E-state index is 0.140. The van der Waals surface area contributed by atoms with E-state index in [9.17, 15) is 4.79 Å². The monoisotopic (exact) mass is 382 g/mol. The third-order valence-electron chi connectivity index (χ3n) is 6.13. The third-order valence-corrected chi connectivity index (χ3v) is 6.13. The minimum absolute atomic E-state index is 0.140. The van der Waals surface area contributed by atoms with Crippen LogP contribution in [0.15, 0.2) is 47.4 Å². The summed E-state index contributed by atoms with van der Waals surface area (Å²) in [6, 6.07) is 8.51. The van der Waals surface area contributed by atoms with Gasteiger partial charge in [-0.05, 0) is 70.1 Å². The number of nitrogens with zero attached hydrogens (tertiary/aromatic N) is 3. The Morgan fingerprint density at radius 3 is 2.61 bits per heavy atom. The van der Waals surface area contributed by atoms with Crippen molar-refractivity contribution in [2.24, 2.45) is 5.92 Å². The van der Waals surface area contributed by atoms with Crippen LogP contribution in [0.4, 0.5) is 0 Å². The molecule has 1 amide bonds. The number of hydrogen-bond acceptors (Lipinski definition) is 5. The van der Waals surface area contributed by atoms with Crippen LogP contribution in [0.5, 0.6) is 0 Å². The lowest BCUT2D eigenvalue weighted by Crippen LogP contribution is -2.49. The van der Waals surface area contributed by atoms with E-state index in [-0.39, 0.29) is 11.8 Å². The number of furan rings is 1. The lowest BCUT2D eigenvalue weighted by atomic mass is 9.92. The number of amides is 1. The lowest BCUT2D eigenvalue weighted by Gasteiger charge is -2.41. The maximum atomic E-state index is 12.5. The fraction of sp³-hybridized carbons (Fsp3) is 0.545. The van der Waals surface area contributed by atoms with Crippen LogP contribution in [-0.4, -0.2) is 52.9 Å². The topological polar surface area (TPSA) is 61.6 Å². The summed E-state index contributed by atoms with van der Waals surface area (Å²) in [7, 11) is 0. The Morgan fingerprint density at radius 1 is 1.11 bits per heavy atom. The van der Waals surface area contributed by atoms with Crippen LogP contribution in [0.3, 0.4) is 0 Å². The molecule has 2 aliphatic heterocycles. The van der Waals surface area contributed by atoms with Crippen molar-refractivity contribution in [3.63, 3.8) is 0 Å². The molecule has 0 saturated carbocycles. The SMILES string of the molecule is O=C(NCc1ccccn1)C1CCN(C2CCN(Cc3ccoc3)CC2)CC1. The molecule has 0 unspecified atom stereocenters. The summed E-state index contributed by atoms with van der Waals surface area (Å²) < 4.78 is 5.17. The summed E-state index contributed by atoms with van der Waals surface area (Å²) in [4.78, 5) is 21.9. The van der Waals surface area contributed by atoms with Crippen LogP contribution in [-0.2, 0) is 17.9 Å². The van der Waals surface area contributed by atoms with Crippen LogP contribution in [0.25, 0.3) is 0 Å². The average molecular weight is 383 g/mol. The van der Waals surface area contributed by atoms with Crippen LogP contribution in [0.2, 0.25) is 0 Å². The zero-order valence-corrected chi connectivity index (χ0v) is 16.4. The molecule has 6 nitrogen and oxygen atoms in total. The number of carbonyl (C=O) groups excluding carboxylic acids is 1. The van der Waals surface area contributed by atoms with Gasteiger partial charge in [0.25, 0.3) is 0 Å². The lowest BCUT2D eigenvalue weighted by molar-refractivity contribution is -0.126. The van der Waals surface area contributed by atoms with Gasteiger partial charge in [0.15, 0.2) is 0 Å². The molecule has 4 rings (SSSR count). The van der Waals surface area contributed by atoms with Gasteiger partial charge in [-0.2, -0.15) is 0 Å². The van der Waals surface area contributed by atoms with E-state index in [1.165, 1.54) is 18.4 Å². The molecule has 150 valence electrons. The van der Waals surface area contributed by atoms with Gasteiger partial charge in [-0.3, -0.25) is 14.7 Å². The Balaban J connectivity index is 1.17. The fourth-order valence-corrected chi connectivity index (χ4v) is 4.43. The number of likely N-dealkylation sites (tertiary alicyclic amines) is 2. The zero-order chi connectivity index (χ0) is 19.2. The molecule has 0 spiro atoms. The van der Waals surface area contributed by atoms with E-state index < -0.39 is 0 Å². The molecule has 1 N–H and O–H groups in total. The molecule has 4 heterocycles. The van der Waals surface area contributed by atoms with E-state index in [1.807, 2.05) is 24.5 Å². The van der Waals surface area contributed by atoms with E-state index in [2.05, 4.69) is 26.2 Å². The molecular formula is C22H30N4O2. The molecular weight excluding hydrogens is 352 g/mol. The minimum Gasteiger partial charge on any atom is -0.472 e. The van der Waals surface area contributed by atoms with Gasteiger partial charge in [-0.25, -0.2) is 0 Å². The maximum Gasteiger partial charge on any atom is 0.223 e. The van der Waals surface area contributed by atoms with Crippen molar-refractivity contribution < 1.29 is 9.21 Å². The molecule has 2 aromatic rings. The predicted molar refractivity (Wildman–Crippen MR) is 107 cm³/mol. The standard InChI is InChI=1S/C22H30N4O2/c27-22(24-15-20-3-1-2-9-23-20)19-4-12-26(13-5-19)21-6-10-25(11-7-21)16-18-8-14-28-17-18/h1-3,8-9,14,17,19,21H,4-7,10-13,15-16H2,(H,24,27). The van der Waals surface area contributed by atoms with E-state index in [0.717, 1.165) is 51.3 Å². The van der Waals surface area contributed by atoms with Crippen molar-refractivity contribution in [1.82, 2.24) is 20.1 Å². The smallest absolute Gasteiger partial charge is 0.223 e. The summed E-state index contributed by atoms with van der Waals surface area (Å²) in [5.41, 5.74) is 2.17.